The van der Waals surface area contributed by atoms with Gasteiger partial charge >= 0.3 is 0 Å². The lowest BCUT2D eigenvalue weighted by Crippen LogP contribution is -1.97. The highest BCUT2D eigenvalue weighted by atomic mass is 35.5. The van der Waals surface area contributed by atoms with Crippen LogP contribution in [-0.4, -0.2) is 4.98 Å². The number of furan rings is 1. The lowest BCUT2D eigenvalue weighted by Gasteiger charge is -2.05. The van der Waals surface area contributed by atoms with Gasteiger partial charge in [-0.1, -0.05) is 23.2 Å². The first-order valence-corrected chi connectivity index (χ1v) is 7.23. The van der Waals surface area contributed by atoms with Gasteiger partial charge in [-0.2, -0.15) is 0 Å². The Morgan fingerprint density at radius 2 is 2.16 bits per heavy atom. The molecule has 0 atom stereocenters. The van der Waals surface area contributed by atoms with E-state index >= 15 is 0 Å². The van der Waals surface area contributed by atoms with Crippen molar-refractivity contribution >= 4 is 51.2 Å². The number of benzene rings is 1. The minimum Gasteiger partial charge on any atom is -0.460 e. The summed E-state index contributed by atoms with van der Waals surface area (Å²) in [5, 5.41) is 4.90. The Kier molecular flexibility index (Phi) is 3.39. The van der Waals surface area contributed by atoms with Crippen molar-refractivity contribution in [3.05, 3.63) is 44.5 Å². The fourth-order valence-corrected chi connectivity index (χ4v) is 3.08. The molecule has 0 aliphatic carbocycles. The van der Waals surface area contributed by atoms with Gasteiger partial charge in [0, 0.05) is 22.1 Å². The molecule has 0 aliphatic rings. The molecule has 98 valence electrons. The molecule has 0 spiro atoms. The average molecular weight is 313 g/mol. The maximum Gasteiger partial charge on any atom is 0.183 e. The second-order valence-corrected chi connectivity index (χ2v) is 6.27. The van der Waals surface area contributed by atoms with Crippen molar-refractivity contribution in [2.24, 2.45) is 0 Å². The molecule has 0 amide bonds. The molecule has 2 heterocycles. The molecule has 0 unspecified atom stereocenters. The molecule has 3 nitrogen and oxygen atoms in total. The topological polar surface area (TPSA) is 38.1 Å². The van der Waals surface area contributed by atoms with Crippen LogP contribution in [0.25, 0.3) is 11.0 Å². The van der Waals surface area contributed by atoms with Crippen molar-refractivity contribution < 1.29 is 4.42 Å². The zero-order chi connectivity index (χ0) is 13.4. The van der Waals surface area contributed by atoms with E-state index in [0.717, 1.165) is 27.3 Å². The summed E-state index contributed by atoms with van der Waals surface area (Å²) in [4.78, 5) is 5.08. The zero-order valence-corrected chi connectivity index (χ0v) is 12.4. The Bertz CT molecular complexity index is 735. The van der Waals surface area contributed by atoms with Crippen LogP contribution < -0.4 is 5.32 Å². The summed E-state index contributed by atoms with van der Waals surface area (Å²) in [6.07, 6.45) is 1.77. The Labute approximate surface area is 124 Å². The molecular weight excluding hydrogens is 303 g/mol. The van der Waals surface area contributed by atoms with E-state index < -0.39 is 0 Å². The van der Waals surface area contributed by atoms with Crippen molar-refractivity contribution in [1.29, 1.82) is 0 Å². The van der Waals surface area contributed by atoms with Crippen molar-refractivity contribution in [3.63, 3.8) is 0 Å². The quantitative estimate of drug-likeness (QED) is 0.729. The minimum absolute atomic E-state index is 0.552. The Morgan fingerprint density at radius 3 is 2.89 bits per heavy atom. The van der Waals surface area contributed by atoms with Crippen LogP contribution in [-0.2, 0) is 6.54 Å². The predicted octanol–water partition coefficient (Wildman–Crippen LogP) is 5.12. The van der Waals surface area contributed by atoms with E-state index in [1.54, 1.807) is 6.20 Å². The summed E-state index contributed by atoms with van der Waals surface area (Å²) in [6.45, 7) is 2.58. The van der Waals surface area contributed by atoms with Crippen molar-refractivity contribution in [1.82, 2.24) is 4.98 Å². The SMILES string of the molecule is Cc1cc2cc(NCc3cnc(Cl)s3)cc(Cl)c2o1. The standard InChI is InChI=1S/C13H10Cl2N2OS/c1-7-2-8-3-9(4-11(14)12(8)18-7)16-5-10-6-17-13(15)19-10/h2-4,6,16H,5H2,1H3. The number of aryl methyl sites for hydroxylation is 1. The summed E-state index contributed by atoms with van der Waals surface area (Å²) >= 11 is 13.5. The van der Waals surface area contributed by atoms with E-state index in [-0.39, 0.29) is 0 Å². The normalized spacial score (nSPS) is 11.1. The van der Waals surface area contributed by atoms with Gasteiger partial charge in [-0.25, -0.2) is 4.98 Å². The van der Waals surface area contributed by atoms with E-state index in [1.165, 1.54) is 11.3 Å². The second kappa shape index (κ2) is 5.04. The van der Waals surface area contributed by atoms with Crippen LogP contribution >= 0.6 is 34.5 Å². The highest BCUT2D eigenvalue weighted by Gasteiger charge is 2.07. The van der Waals surface area contributed by atoms with E-state index in [2.05, 4.69) is 10.3 Å². The van der Waals surface area contributed by atoms with E-state index in [4.69, 9.17) is 27.6 Å². The third-order valence-electron chi connectivity index (χ3n) is 2.69. The zero-order valence-electron chi connectivity index (χ0n) is 10.0. The lowest BCUT2D eigenvalue weighted by molar-refractivity contribution is 0.579. The summed E-state index contributed by atoms with van der Waals surface area (Å²) in [5.41, 5.74) is 1.67. The number of hydrogen-bond acceptors (Lipinski definition) is 4. The number of anilines is 1. The van der Waals surface area contributed by atoms with E-state index in [1.807, 2.05) is 25.1 Å². The molecule has 0 aliphatic heterocycles. The number of nitrogens with one attached hydrogen (secondary N) is 1. The van der Waals surface area contributed by atoms with E-state index in [0.29, 0.717) is 16.0 Å². The summed E-state index contributed by atoms with van der Waals surface area (Å²) in [7, 11) is 0. The van der Waals surface area contributed by atoms with Crippen LogP contribution in [0.3, 0.4) is 0 Å². The van der Waals surface area contributed by atoms with Crippen LogP contribution in [0.2, 0.25) is 9.49 Å². The highest BCUT2D eigenvalue weighted by molar-refractivity contribution is 7.15. The van der Waals surface area contributed by atoms with Crippen LogP contribution in [0, 0.1) is 6.92 Å². The molecule has 19 heavy (non-hydrogen) atoms. The first kappa shape index (κ1) is 12.8. The van der Waals surface area contributed by atoms with Crippen LogP contribution in [0.5, 0.6) is 0 Å². The van der Waals surface area contributed by atoms with Gasteiger partial charge in [0.2, 0.25) is 0 Å². The van der Waals surface area contributed by atoms with E-state index in [9.17, 15) is 0 Å². The second-order valence-electron chi connectivity index (χ2n) is 4.17. The van der Waals surface area contributed by atoms with Gasteiger partial charge in [0.1, 0.15) is 5.76 Å². The third-order valence-corrected chi connectivity index (χ3v) is 4.08. The monoisotopic (exact) mass is 312 g/mol. The van der Waals surface area contributed by atoms with Gasteiger partial charge in [0.05, 0.1) is 11.6 Å². The molecule has 3 rings (SSSR count). The van der Waals surface area contributed by atoms with Crippen molar-refractivity contribution in [3.8, 4) is 0 Å². The number of fused-ring (bicyclic) bond motifs is 1. The molecule has 0 radical (unpaired) electrons. The molecule has 0 fully saturated rings. The summed E-state index contributed by atoms with van der Waals surface area (Å²) in [5.74, 6) is 0.850. The Morgan fingerprint density at radius 1 is 1.32 bits per heavy atom. The molecular formula is C13H10Cl2N2OS. The maximum absolute atomic E-state index is 6.20. The van der Waals surface area contributed by atoms with Crippen molar-refractivity contribution in [2.75, 3.05) is 5.32 Å². The van der Waals surface area contributed by atoms with Crippen LogP contribution in [0.15, 0.2) is 28.8 Å². The van der Waals surface area contributed by atoms with Crippen molar-refractivity contribution in [2.45, 2.75) is 13.5 Å². The summed E-state index contributed by atoms with van der Waals surface area (Å²) in [6, 6.07) is 5.84. The van der Waals surface area contributed by atoms with Crippen LogP contribution in [0.1, 0.15) is 10.6 Å². The molecule has 1 N–H and O–H groups in total. The van der Waals surface area contributed by atoms with Crippen LogP contribution in [0.4, 0.5) is 5.69 Å². The Hall–Kier alpha value is -1.23. The lowest BCUT2D eigenvalue weighted by atomic mass is 10.2. The number of halogens is 2. The first-order valence-electron chi connectivity index (χ1n) is 5.65. The third kappa shape index (κ3) is 2.71. The van der Waals surface area contributed by atoms with Gasteiger partial charge in [-0.05, 0) is 25.1 Å². The van der Waals surface area contributed by atoms with Gasteiger partial charge in [-0.15, -0.1) is 11.3 Å². The fraction of sp³-hybridized carbons (Fsp3) is 0.154. The number of aromatic nitrogens is 1. The number of hydrogen-bond donors (Lipinski definition) is 1. The molecule has 2 aromatic heterocycles. The summed E-state index contributed by atoms with van der Waals surface area (Å²) < 4.78 is 6.09. The fourth-order valence-electron chi connectivity index (χ4n) is 1.90. The molecule has 0 saturated heterocycles. The van der Waals surface area contributed by atoms with Gasteiger partial charge in [0.25, 0.3) is 0 Å². The molecule has 6 heteroatoms. The molecule has 1 aromatic carbocycles. The smallest absolute Gasteiger partial charge is 0.183 e. The predicted molar refractivity (Wildman–Crippen MR) is 80.4 cm³/mol. The number of rotatable bonds is 3. The van der Waals surface area contributed by atoms with Gasteiger partial charge in [0.15, 0.2) is 10.0 Å². The van der Waals surface area contributed by atoms with Gasteiger partial charge in [-0.3, -0.25) is 0 Å². The highest BCUT2D eigenvalue weighted by Crippen LogP contribution is 2.30. The average Bonchev–Trinajstić information content (AvgIpc) is 2.92. The number of thiazole rings is 1. The van der Waals surface area contributed by atoms with Gasteiger partial charge < -0.3 is 9.73 Å². The minimum atomic E-state index is 0.552. The molecule has 3 aromatic rings. The number of nitrogens with zero attached hydrogens (tertiary/aromatic N) is 1. The largest absolute Gasteiger partial charge is 0.460 e. The molecule has 0 saturated carbocycles. The first-order chi connectivity index (χ1) is 9.11. The Balaban J connectivity index is 1.84. The maximum atomic E-state index is 6.20. The molecule has 0 bridgehead atoms.